The first-order chi connectivity index (χ1) is 8.22. The maximum atomic E-state index is 4.68. The van der Waals surface area contributed by atoms with Crippen molar-refractivity contribution in [2.75, 3.05) is 0 Å². The zero-order valence-corrected chi connectivity index (χ0v) is 11.6. The highest BCUT2D eigenvalue weighted by Gasteiger charge is 2.35. The zero-order chi connectivity index (χ0) is 11.8. The van der Waals surface area contributed by atoms with Gasteiger partial charge in [0.05, 0.1) is 6.04 Å². The molecule has 3 heteroatoms. The van der Waals surface area contributed by atoms with Crippen molar-refractivity contribution in [1.82, 2.24) is 10.3 Å². The van der Waals surface area contributed by atoms with Crippen molar-refractivity contribution in [2.45, 2.75) is 58.0 Å². The van der Waals surface area contributed by atoms with Crippen LogP contribution in [0.4, 0.5) is 0 Å². The van der Waals surface area contributed by atoms with Gasteiger partial charge in [0.2, 0.25) is 0 Å². The van der Waals surface area contributed by atoms with E-state index in [9.17, 15) is 0 Å². The minimum Gasteiger partial charge on any atom is -0.305 e. The SMILES string of the molecule is Cc1csc([C@H](N[C@@H](C)CC2CC2)C2CC2)n1. The monoisotopic (exact) mass is 250 g/mol. The van der Waals surface area contributed by atoms with E-state index in [0.29, 0.717) is 12.1 Å². The highest BCUT2D eigenvalue weighted by molar-refractivity contribution is 7.09. The quantitative estimate of drug-likeness (QED) is 0.833. The van der Waals surface area contributed by atoms with Crippen LogP contribution in [0.2, 0.25) is 0 Å². The van der Waals surface area contributed by atoms with E-state index in [1.165, 1.54) is 42.8 Å². The van der Waals surface area contributed by atoms with Gasteiger partial charge in [0.25, 0.3) is 0 Å². The van der Waals surface area contributed by atoms with Crippen LogP contribution in [0, 0.1) is 18.8 Å². The highest BCUT2D eigenvalue weighted by atomic mass is 32.1. The molecule has 2 atom stereocenters. The van der Waals surface area contributed by atoms with Gasteiger partial charge in [0.1, 0.15) is 5.01 Å². The van der Waals surface area contributed by atoms with Crippen molar-refractivity contribution < 1.29 is 0 Å². The van der Waals surface area contributed by atoms with E-state index in [4.69, 9.17) is 0 Å². The molecule has 1 heterocycles. The molecule has 0 aromatic carbocycles. The molecule has 2 saturated carbocycles. The Morgan fingerprint density at radius 1 is 1.41 bits per heavy atom. The fraction of sp³-hybridized carbons (Fsp3) is 0.786. The molecule has 0 unspecified atom stereocenters. The summed E-state index contributed by atoms with van der Waals surface area (Å²) in [4.78, 5) is 4.68. The van der Waals surface area contributed by atoms with E-state index in [1.807, 2.05) is 11.3 Å². The van der Waals surface area contributed by atoms with Gasteiger partial charge < -0.3 is 5.32 Å². The Kier molecular flexibility index (Phi) is 3.22. The van der Waals surface area contributed by atoms with E-state index < -0.39 is 0 Å². The topological polar surface area (TPSA) is 24.9 Å². The summed E-state index contributed by atoms with van der Waals surface area (Å²) in [5, 5.41) is 7.32. The summed E-state index contributed by atoms with van der Waals surface area (Å²) in [6.07, 6.45) is 7.03. The van der Waals surface area contributed by atoms with Gasteiger partial charge in [-0.3, -0.25) is 0 Å². The maximum Gasteiger partial charge on any atom is 0.110 e. The minimum atomic E-state index is 0.530. The second-order valence-electron chi connectivity index (χ2n) is 5.89. The molecule has 1 aromatic heterocycles. The van der Waals surface area contributed by atoms with Gasteiger partial charge in [-0.1, -0.05) is 12.8 Å². The molecule has 3 rings (SSSR count). The van der Waals surface area contributed by atoms with E-state index >= 15 is 0 Å². The Labute approximate surface area is 108 Å². The molecule has 0 spiro atoms. The Morgan fingerprint density at radius 3 is 2.71 bits per heavy atom. The molecular weight excluding hydrogens is 228 g/mol. The van der Waals surface area contributed by atoms with Gasteiger partial charge >= 0.3 is 0 Å². The zero-order valence-electron chi connectivity index (χ0n) is 10.8. The Balaban J connectivity index is 1.62. The molecule has 0 radical (unpaired) electrons. The lowest BCUT2D eigenvalue weighted by Crippen LogP contribution is -2.32. The number of nitrogens with one attached hydrogen (secondary N) is 1. The van der Waals surface area contributed by atoms with Crippen LogP contribution in [0.5, 0.6) is 0 Å². The lowest BCUT2D eigenvalue weighted by molar-refractivity contribution is 0.391. The maximum absolute atomic E-state index is 4.68. The number of nitrogens with zero attached hydrogens (tertiary/aromatic N) is 1. The van der Waals surface area contributed by atoms with Crippen LogP contribution in [0.25, 0.3) is 0 Å². The van der Waals surface area contributed by atoms with Gasteiger partial charge in [0.15, 0.2) is 0 Å². The number of aromatic nitrogens is 1. The largest absolute Gasteiger partial charge is 0.305 e. The lowest BCUT2D eigenvalue weighted by Gasteiger charge is -2.21. The summed E-state index contributed by atoms with van der Waals surface area (Å²) < 4.78 is 0. The van der Waals surface area contributed by atoms with Gasteiger partial charge in [-0.25, -0.2) is 4.98 Å². The number of thiazole rings is 1. The first-order valence-electron chi connectivity index (χ1n) is 6.90. The predicted octanol–water partition coefficient (Wildman–Crippen LogP) is 3.68. The summed E-state index contributed by atoms with van der Waals surface area (Å²) in [6.45, 7) is 4.44. The van der Waals surface area contributed by atoms with Gasteiger partial charge in [-0.2, -0.15) is 0 Å². The van der Waals surface area contributed by atoms with Crippen molar-refractivity contribution in [3.05, 3.63) is 16.1 Å². The third kappa shape index (κ3) is 3.08. The number of hydrogen-bond donors (Lipinski definition) is 1. The van der Waals surface area contributed by atoms with Crippen LogP contribution in [0.3, 0.4) is 0 Å². The van der Waals surface area contributed by atoms with E-state index in [0.717, 1.165) is 11.8 Å². The summed E-state index contributed by atoms with van der Waals surface area (Å²) in [5.41, 5.74) is 1.17. The van der Waals surface area contributed by atoms with Crippen molar-refractivity contribution >= 4 is 11.3 Å². The summed E-state index contributed by atoms with van der Waals surface area (Å²) in [5.74, 6) is 1.86. The molecule has 1 aromatic rings. The molecule has 0 saturated heterocycles. The molecule has 1 N–H and O–H groups in total. The molecule has 0 bridgehead atoms. The van der Waals surface area contributed by atoms with Crippen LogP contribution in [0.1, 0.15) is 55.8 Å². The average Bonchev–Trinajstić information content (AvgIpc) is 3.17. The van der Waals surface area contributed by atoms with Gasteiger partial charge in [-0.05, 0) is 44.9 Å². The fourth-order valence-electron chi connectivity index (χ4n) is 2.58. The van der Waals surface area contributed by atoms with Crippen molar-refractivity contribution in [3.63, 3.8) is 0 Å². The number of hydrogen-bond acceptors (Lipinski definition) is 3. The second kappa shape index (κ2) is 4.69. The van der Waals surface area contributed by atoms with Gasteiger partial charge in [-0.15, -0.1) is 11.3 Å². The van der Waals surface area contributed by atoms with Crippen molar-refractivity contribution in [2.24, 2.45) is 11.8 Å². The normalized spacial score (nSPS) is 23.6. The molecule has 94 valence electrons. The highest BCUT2D eigenvalue weighted by Crippen LogP contribution is 2.42. The molecular formula is C14H22N2S. The molecule has 0 aliphatic heterocycles. The van der Waals surface area contributed by atoms with E-state index in [-0.39, 0.29) is 0 Å². The first-order valence-corrected chi connectivity index (χ1v) is 7.78. The molecule has 2 aliphatic carbocycles. The van der Waals surface area contributed by atoms with Crippen molar-refractivity contribution in [1.29, 1.82) is 0 Å². The first kappa shape index (κ1) is 11.7. The average molecular weight is 250 g/mol. The predicted molar refractivity (Wildman–Crippen MR) is 72.3 cm³/mol. The van der Waals surface area contributed by atoms with Crippen LogP contribution < -0.4 is 5.32 Å². The Bertz CT molecular complexity index is 379. The third-order valence-corrected chi connectivity index (χ3v) is 4.89. The van der Waals surface area contributed by atoms with Gasteiger partial charge in [0, 0.05) is 17.1 Å². The molecule has 17 heavy (non-hydrogen) atoms. The van der Waals surface area contributed by atoms with Crippen LogP contribution in [0.15, 0.2) is 5.38 Å². The van der Waals surface area contributed by atoms with E-state index in [2.05, 4.69) is 29.5 Å². The van der Waals surface area contributed by atoms with Crippen molar-refractivity contribution in [3.8, 4) is 0 Å². The lowest BCUT2D eigenvalue weighted by atomic mass is 10.1. The second-order valence-corrected chi connectivity index (χ2v) is 6.78. The van der Waals surface area contributed by atoms with Crippen LogP contribution in [-0.2, 0) is 0 Å². The van der Waals surface area contributed by atoms with Crippen LogP contribution >= 0.6 is 11.3 Å². The Hall–Kier alpha value is -0.410. The Morgan fingerprint density at radius 2 is 2.18 bits per heavy atom. The minimum absolute atomic E-state index is 0.530. The van der Waals surface area contributed by atoms with E-state index in [1.54, 1.807) is 0 Å². The number of rotatable bonds is 6. The molecule has 2 fully saturated rings. The fourth-order valence-corrected chi connectivity index (χ4v) is 3.53. The standard InChI is InChI=1S/C14H22N2S/c1-9(7-11-3-4-11)15-13(12-5-6-12)14-16-10(2)8-17-14/h8-9,11-13,15H,3-7H2,1-2H3/t9-,13+/m0/s1. The molecule has 2 nitrogen and oxygen atoms in total. The molecule has 2 aliphatic rings. The number of aryl methyl sites for hydroxylation is 1. The van der Waals surface area contributed by atoms with Crippen LogP contribution in [-0.4, -0.2) is 11.0 Å². The smallest absolute Gasteiger partial charge is 0.110 e. The third-order valence-electron chi connectivity index (χ3n) is 3.84. The summed E-state index contributed by atoms with van der Waals surface area (Å²) in [7, 11) is 0. The molecule has 0 amide bonds. The summed E-state index contributed by atoms with van der Waals surface area (Å²) in [6, 6.07) is 1.18. The summed E-state index contributed by atoms with van der Waals surface area (Å²) >= 11 is 1.83.